The minimum absolute atomic E-state index is 0.0765. The first-order chi connectivity index (χ1) is 15.1. The molecule has 158 valence electrons. The van der Waals surface area contributed by atoms with Crippen molar-refractivity contribution in [1.82, 2.24) is 19.7 Å². The molecule has 0 aliphatic heterocycles. The highest BCUT2D eigenvalue weighted by Gasteiger charge is 2.26. The maximum atomic E-state index is 13.0. The molecular weight excluding hydrogens is 410 g/mol. The molecule has 2 aromatic heterocycles. The Morgan fingerprint density at radius 1 is 1.06 bits per heavy atom. The van der Waals surface area contributed by atoms with Gasteiger partial charge in [0.2, 0.25) is 5.91 Å². The average molecular weight is 434 g/mol. The van der Waals surface area contributed by atoms with E-state index >= 15 is 0 Å². The number of thioether (sulfide) groups is 1. The van der Waals surface area contributed by atoms with E-state index in [4.69, 9.17) is 4.74 Å². The van der Waals surface area contributed by atoms with Gasteiger partial charge in [0, 0.05) is 5.69 Å². The second-order valence-corrected chi connectivity index (χ2v) is 8.44. The molecule has 4 rings (SSSR count). The molecule has 0 aliphatic carbocycles. The van der Waals surface area contributed by atoms with Gasteiger partial charge in [0.05, 0.1) is 29.6 Å². The largest absolute Gasteiger partial charge is 0.497 e. The third-order valence-electron chi connectivity index (χ3n) is 4.79. The predicted molar refractivity (Wildman–Crippen MR) is 123 cm³/mol. The summed E-state index contributed by atoms with van der Waals surface area (Å²) in [4.78, 5) is 21.9. The molecule has 8 heteroatoms. The first-order valence-corrected chi connectivity index (χ1v) is 10.8. The Labute approximate surface area is 184 Å². The van der Waals surface area contributed by atoms with Crippen LogP contribution in [0.3, 0.4) is 0 Å². The van der Waals surface area contributed by atoms with Gasteiger partial charge in [0.15, 0.2) is 5.65 Å². The maximum absolute atomic E-state index is 13.0. The van der Waals surface area contributed by atoms with E-state index in [0.717, 1.165) is 27.5 Å². The number of anilines is 1. The number of para-hydroxylation sites is 1. The number of aromatic nitrogens is 4. The summed E-state index contributed by atoms with van der Waals surface area (Å²) in [7, 11) is 1.61. The molecule has 31 heavy (non-hydrogen) atoms. The quantitative estimate of drug-likeness (QED) is 0.339. The van der Waals surface area contributed by atoms with E-state index < -0.39 is 0 Å². The van der Waals surface area contributed by atoms with E-state index in [2.05, 4.69) is 20.4 Å². The lowest BCUT2D eigenvalue weighted by atomic mass is 10.1. The molecule has 0 aliphatic rings. The van der Waals surface area contributed by atoms with E-state index in [1.165, 1.54) is 18.1 Å². The molecular formula is C23H23N5O2S. The van der Waals surface area contributed by atoms with Gasteiger partial charge in [-0.05, 0) is 42.3 Å². The SMILES string of the molecule is COc1ccc(NC(=O)C(Sc2ncnc3c2cnn3-c2ccccc2)C(C)C)cc1. The normalized spacial score (nSPS) is 12.1. The molecule has 1 amide bonds. The Morgan fingerprint density at radius 2 is 1.81 bits per heavy atom. The zero-order valence-corrected chi connectivity index (χ0v) is 18.3. The first-order valence-electron chi connectivity index (χ1n) is 9.92. The fourth-order valence-electron chi connectivity index (χ4n) is 3.18. The van der Waals surface area contributed by atoms with Gasteiger partial charge in [-0.1, -0.05) is 43.8 Å². The molecule has 0 saturated carbocycles. The van der Waals surface area contributed by atoms with Crippen molar-refractivity contribution in [3.63, 3.8) is 0 Å². The van der Waals surface area contributed by atoms with Crippen LogP contribution in [0.15, 0.2) is 72.1 Å². The fourth-order valence-corrected chi connectivity index (χ4v) is 4.23. The van der Waals surface area contributed by atoms with Gasteiger partial charge in [-0.2, -0.15) is 5.10 Å². The maximum Gasteiger partial charge on any atom is 0.238 e. The highest BCUT2D eigenvalue weighted by atomic mass is 32.2. The van der Waals surface area contributed by atoms with Crippen molar-refractivity contribution >= 4 is 34.4 Å². The van der Waals surface area contributed by atoms with Crippen LogP contribution in [0.25, 0.3) is 16.7 Å². The molecule has 0 radical (unpaired) electrons. The summed E-state index contributed by atoms with van der Waals surface area (Å²) >= 11 is 1.43. The minimum atomic E-state index is -0.333. The van der Waals surface area contributed by atoms with Crippen molar-refractivity contribution in [3.8, 4) is 11.4 Å². The standard InChI is InChI=1S/C23H23N5O2S/c1-15(2)20(22(29)27-16-9-11-18(30-3)12-10-16)31-23-19-13-26-28(21(19)24-14-25-23)17-7-5-4-6-8-17/h4-15,20H,1-3H3,(H,27,29). The van der Waals surface area contributed by atoms with Gasteiger partial charge in [-0.25, -0.2) is 14.6 Å². The number of amides is 1. The third kappa shape index (κ3) is 4.54. The topological polar surface area (TPSA) is 81.9 Å². The highest BCUT2D eigenvalue weighted by molar-refractivity contribution is 8.00. The Bertz CT molecular complexity index is 1180. The monoisotopic (exact) mass is 433 g/mol. The van der Waals surface area contributed by atoms with Crippen LogP contribution in [0.4, 0.5) is 5.69 Å². The van der Waals surface area contributed by atoms with E-state index in [1.807, 2.05) is 68.4 Å². The summed E-state index contributed by atoms with van der Waals surface area (Å²) in [5.74, 6) is 0.761. The Morgan fingerprint density at radius 3 is 2.48 bits per heavy atom. The number of hydrogen-bond acceptors (Lipinski definition) is 6. The number of ether oxygens (including phenoxy) is 1. The van der Waals surface area contributed by atoms with E-state index in [-0.39, 0.29) is 17.1 Å². The van der Waals surface area contributed by atoms with Crippen LogP contribution in [0.5, 0.6) is 5.75 Å². The summed E-state index contributed by atoms with van der Waals surface area (Å²) in [5, 5.41) is 8.71. The van der Waals surface area contributed by atoms with Gasteiger partial charge in [-0.15, -0.1) is 0 Å². The predicted octanol–water partition coefficient (Wildman–Crippen LogP) is 4.58. The lowest BCUT2D eigenvalue weighted by Gasteiger charge is -2.19. The van der Waals surface area contributed by atoms with Crippen LogP contribution in [0.2, 0.25) is 0 Å². The Kier molecular flexibility index (Phi) is 6.18. The number of hydrogen-bond donors (Lipinski definition) is 1. The molecule has 7 nitrogen and oxygen atoms in total. The average Bonchev–Trinajstić information content (AvgIpc) is 3.23. The van der Waals surface area contributed by atoms with Crippen molar-refractivity contribution in [2.45, 2.75) is 24.1 Å². The molecule has 0 saturated heterocycles. The smallest absolute Gasteiger partial charge is 0.238 e. The van der Waals surface area contributed by atoms with E-state index in [0.29, 0.717) is 5.65 Å². The molecule has 2 aromatic carbocycles. The number of nitrogens with zero attached hydrogens (tertiary/aromatic N) is 4. The van der Waals surface area contributed by atoms with Crippen molar-refractivity contribution < 1.29 is 9.53 Å². The van der Waals surface area contributed by atoms with Crippen molar-refractivity contribution in [3.05, 3.63) is 67.1 Å². The second kappa shape index (κ2) is 9.18. The molecule has 4 aromatic rings. The number of methoxy groups -OCH3 is 1. The molecule has 1 unspecified atom stereocenters. The molecule has 1 N–H and O–H groups in total. The van der Waals surface area contributed by atoms with Gasteiger partial charge in [0.1, 0.15) is 17.1 Å². The number of carbonyl (C=O) groups excluding carboxylic acids is 1. The van der Waals surface area contributed by atoms with Crippen LogP contribution in [-0.4, -0.2) is 38.0 Å². The number of carbonyl (C=O) groups is 1. The van der Waals surface area contributed by atoms with E-state index in [1.54, 1.807) is 18.0 Å². The number of fused-ring (bicyclic) bond motifs is 1. The number of nitrogens with one attached hydrogen (secondary N) is 1. The summed E-state index contributed by atoms with van der Waals surface area (Å²) in [5.41, 5.74) is 2.35. The van der Waals surface area contributed by atoms with Crippen LogP contribution >= 0.6 is 11.8 Å². The lowest BCUT2D eigenvalue weighted by Crippen LogP contribution is -2.29. The van der Waals surface area contributed by atoms with Crippen LogP contribution in [-0.2, 0) is 4.79 Å². The van der Waals surface area contributed by atoms with Gasteiger partial charge >= 0.3 is 0 Å². The third-order valence-corrected chi connectivity index (χ3v) is 6.35. The van der Waals surface area contributed by atoms with Crippen molar-refractivity contribution in [2.24, 2.45) is 5.92 Å². The minimum Gasteiger partial charge on any atom is -0.497 e. The Balaban J connectivity index is 1.59. The molecule has 0 spiro atoms. The first kappa shape index (κ1) is 20.9. The number of benzene rings is 2. The van der Waals surface area contributed by atoms with Crippen molar-refractivity contribution in [1.29, 1.82) is 0 Å². The highest BCUT2D eigenvalue weighted by Crippen LogP contribution is 2.32. The van der Waals surface area contributed by atoms with Gasteiger partial charge < -0.3 is 10.1 Å². The van der Waals surface area contributed by atoms with Crippen LogP contribution < -0.4 is 10.1 Å². The lowest BCUT2D eigenvalue weighted by molar-refractivity contribution is -0.116. The fraction of sp³-hybridized carbons (Fsp3) is 0.217. The molecule has 0 fully saturated rings. The van der Waals surface area contributed by atoms with Gasteiger partial charge in [-0.3, -0.25) is 4.79 Å². The number of rotatable bonds is 7. The summed E-state index contributed by atoms with van der Waals surface area (Å²) < 4.78 is 6.96. The second-order valence-electron chi connectivity index (χ2n) is 7.31. The summed E-state index contributed by atoms with van der Waals surface area (Å²) in [6.45, 7) is 4.05. The molecule has 0 bridgehead atoms. The van der Waals surface area contributed by atoms with Crippen LogP contribution in [0, 0.1) is 5.92 Å². The van der Waals surface area contributed by atoms with E-state index in [9.17, 15) is 4.79 Å². The summed E-state index contributed by atoms with van der Waals surface area (Å²) in [6.07, 6.45) is 3.27. The molecule has 2 heterocycles. The van der Waals surface area contributed by atoms with Crippen LogP contribution in [0.1, 0.15) is 13.8 Å². The summed E-state index contributed by atoms with van der Waals surface area (Å²) in [6, 6.07) is 17.1. The molecule has 1 atom stereocenters. The Hall–Kier alpha value is -3.39. The zero-order chi connectivity index (χ0) is 21.8. The van der Waals surface area contributed by atoms with Gasteiger partial charge in [0.25, 0.3) is 0 Å². The zero-order valence-electron chi connectivity index (χ0n) is 17.5. The van der Waals surface area contributed by atoms with Crippen molar-refractivity contribution in [2.75, 3.05) is 12.4 Å².